The molecule has 0 saturated heterocycles. The molecule has 0 spiro atoms. The Hall–Kier alpha value is -3.42. The maximum Gasteiger partial charge on any atom is 0.0541 e. The molecule has 0 N–H and O–H groups in total. The van der Waals surface area contributed by atoms with Gasteiger partial charge in [-0.25, -0.2) is 0 Å². The molecule has 0 saturated carbocycles. The minimum atomic E-state index is 0.173. The van der Waals surface area contributed by atoms with Gasteiger partial charge < -0.3 is 0 Å². The van der Waals surface area contributed by atoms with Gasteiger partial charge in [0.05, 0.1) is 6.04 Å². The molecule has 0 aromatic heterocycles. The maximum atomic E-state index is 2.54. The van der Waals surface area contributed by atoms with E-state index in [2.05, 4.69) is 138 Å². The van der Waals surface area contributed by atoms with Crippen LogP contribution < -0.4 is 0 Å². The van der Waals surface area contributed by atoms with Gasteiger partial charge in [-0.1, -0.05) is 133 Å². The fourth-order valence-corrected chi connectivity index (χ4v) is 3.75. The molecule has 1 heteroatoms. The summed E-state index contributed by atoms with van der Waals surface area (Å²) >= 11 is 0. The first kappa shape index (κ1) is 19.9. The fourth-order valence-electron chi connectivity index (χ4n) is 3.75. The van der Waals surface area contributed by atoms with Gasteiger partial charge in [-0.05, 0) is 22.3 Å². The van der Waals surface area contributed by atoms with Crippen molar-refractivity contribution in [3.63, 3.8) is 0 Å². The van der Waals surface area contributed by atoms with E-state index in [1.165, 1.54) is 22.3 Å². The second kappa shape index (κ2) is 10.4. The maximum absolute atomic E-state index is 2.54. The lowest BCUT2D eigenvalue weighted by molar-refractivity contribution is 0.213. The van der Waals surface area contributed by atoms with E-state index in [-0.39, 0.29) is 6.04 Å². The van der Waals surface area contributed by atoms with Crippen LogP contribution in [0, 0.1) is 0 Å². The van der Waals surface area contributed by atoms with Crippen LogP contribution in [0.4, 0.5) is 0 Å². The Kier molecular flexibility index (Phi) is 6.88. The molecule has 148 valence electrons. The molecule has 1 nitrogen and oxygen atoms in total. The van der Waals surface area contributed by atoms with Crippen LogP contribution in [-0.4, -0.2) is 4.90 Å². The highest BCUT2D eigenvalue weighted by atomic mass is 15.1. The summed E-state index contributed by atoms with van der Waals surface area (Å²) in [6.07, 6.45) is 4.57. The van der Waals surface area contributed by atoms with Gasteiger partial charge in [0, 0.05) is 13.1 Å². The van der Waals surface area contributed by atoms with Crippen molar-refractivity contribution in [2.45, 2.75) is 19.1 Å². The standard InChI is InChI=1S/C29H27N/c1-5-13-25(14-6-1)21-22-29(28-19-11-4-12-20-28)30(23-26-15-7-2-8-16-26)24-27-17-9-3-10-18-27/h1-22,29H,23-24H2/b22-21-. The SMILES string of the molecule is C(=C/C(c1ccccc1)N(Cc1ccccc1)Cc1ccccc1)/c1ccccc1. The molecule has 0 bridgehead atoms. The molecule has 0 radical (unpaired) electrons. The molecule has 0 aliphatic carbocycles. The van der Waals surface area contributed by atoms with E-state index in [0.29, 0.717) is 0 Å². The minimum absolute atomic E-state index is 0.173. The smallest absolute Gasteiger partial charge is 0.0541 e. The third-order valence-electron chi connectivity index (χ3n) is 5.26. The van der Waals surface area contributed by atoms with Crippen molar-refractivity contribution in [3.05, 3.63) is 150 Å². The summed E-state index contributed by atoms with van der Waals surface area (Å²) in [5, 5.41) is 0. The Morgan fingerprint density at radius 1 is 0.533 bits per heavy atom. The third-order valence-corrected chi connectivity index (χ3v) is 5.26. The van der Waals surface area contributed by atoms with Gasteiger partial charge in [0.15, 0.2) is 0 Å². The third kappa shape index (κ3) is 5.56. The highest BCUT2D eigenvalue weighted by Gasteiger charge is 2.18. The van der Waals surface area contributed by atoms with Crippen LogP contribution in [0.1, 0.15) is 28.3 Å². The number of benzene rings is 4. The van der Waals surface area contributed by atoms with Crippen molar-refractivity contribution in [2.75, 3.05) is 0 Å². The Labute approximate surface area is 179 Å². The first-order valence-electron chi connectivity index (χ1n) is 10.5. The number of rotatable bonds is 8. The number of hydrogen-bond acceptors (Lipinski definition) is 1. The molecule has 30 heavy (non-hydrogen) atoms. The lowest BCUT2D eigenvalue weighted by Gasteiger charge is -2.30. The summed E-state index contributed by atoms with van der Waals surface area (Å²) in [5.74, 6) is 0. The summed E-state index contributed by atoms with van der Waals surface area (Å²) in [6.45, 7) is 1.77. The first-order chi connectivity index (χ1) is 14.9. The summed E-state index contributed by atoms with van der Waals surface area (Å²) in [4.78, 5) is 2.54. The van der Waals surface area contributed by atoms with Crippen LogP contribution in [0.15, 0.2) is 127 Å². The van der Waals surface area contributed by atoms with Gasteiger partial charge in [0.25, 0.3) is 0 Å². The molecule has 0 fully saturated rings. The van der Waals surface area contributed by atoms with E-state index < -0.39 is 0 Å². The zero-order valence-corrected chi connectivity index (χ0v) is 17.1. The largest absolute Gasteiger partial charge is 0.284 e. The highest BCUT2D eigenvalue weighted by Crippen LogP contribution is 2.27. The van der Waals surface area contributed by atoms with Gasteiger partial charge in [-0.2, -0.15) is 0 Å². The lowest BCUT2D eigenvalue weighted by atomic mass is 10.0. The van der Waals surface area contributed by atoms with Gasteiger partial charge in [0.2, 0.25) is 0 Å². The lowest BCUT2D eigenvalue weighted by Crippen LogP contribution is -2.27. The van der Waals surface area contributed by atoms with Crippen molar-refractivity contribution in [2.24, 2.45) is 0 Å². The van der Waals surface area contributed by atoms with Crippen LogP contribution in [0.2, 0.25) is 0 Å². The Morgan fingerprint density at radius 2 is 0.967 bits per heavy atom. The Balaban J connectivity index is 1.70. The van der Waals surface area contributed by atoms with Crippen LogP contribution in [0.5, 0.6) is 0 Å². The summed E-state index contributed by atoms with van der Waals surface area (Å²) in [5.41, 5.74) is 5.17. The van der Waals surface area contributed by atoms with Crippen LogP contribution in [0.25, 0.3) is 6.08 Å². The summed E-state index contributed by atoms with van der Waals surface area (Å²) in [6, 6.07) is 43.0. The number of hydrogen-bond donors (Lipinski definition) is 0. The van der Waals surface area contributed by atoms with Crippen LogP contribution in [0.3, 0.4) is 0 Å². The average Bonchev–Trinajstić information content (AvgIpc) is 2.82. The van der Waals surface area contributed by atoms with Crippen molar-refractivity contribution < 1.29 is 0 Å². The van der Waals surface area contributed by atoms with Crippen molar-refractivity contribution in [1.29, 1.82) is 0 Å². The van der Waals surface area contributed by atoms with Crippen molar-refractivity contribution in [1.82, 2.24) is 4.90 Å². The molecule has 4 rings (SSSR count). The molecule has 0 aliphatic rings. The normalized spacial score (nSPS) is 12.3. The van der Waals surface area contributed by atoms with E-state index in [4.69, 9.17) is 0 Å². The summed E-state index contributed by atoms with van der Waals surface area (Å²) in [7, 11) is 0. The molecular formula is C29H27N. The molecule has 1 atom stereocenters. The number of nitrogens with zero attached hydrogens (tertiary/aromatic N) is 1. The van der Waals surface area contributed by atoms with E-state index >= 15 is 0 Å². The molecule has 4 aromatic rings. The predicted octanol–water partition coefficient (Wildman–Crippen LogP) is 7.14. The van der Waals surface area contributed by atoms with Gasteiger partial charge in [-0.15, -0.1) is 0 Å². The second-order valence-corrected chi connectivity index (χ2v) is 7.50. The van der Waals surface area contributed by atoms with Crippen molar-refractivity contribution in [3.8, 4) is 0 Å². The topological polar surface area (TPSA) is 3.24 Å². The zero-order chi connectivity index (χ0) is 20.4. The van der Waals surface area contributed by atoms with Crippen molar-refractivity contribution >= 4 is 6.08 Å². The molecule has 0 amide bonds. The molecule has 0 heterocycles. The van der Waals surface area contributed by atoms with Crippen LogP contribution >= 0.6 is 0 Å². The van der Waals surface area contributed by atoms with E-state index in [1.807, 2.05) is 0 Å². The fraction of sp³-hybridized carbons (Fsp3) is 0.103. The molecular weight excluding hydrogens is 362 g/mol. The highest BCUT2D eigenvalue weighted by molar-refractivity contribution is 5.50. The molecule has 4 aromatic carbocycles. The second-order valence-electron chi connectivity index (χ2n) is 7.50. The molecule has 0 aliphatic heterocycles. The Bertz CT molecular complexity index is 983. The van der Waals surface area contributed by atoms with Gasteiger partial charge in [0.1, 0.15) is 0 Å². The Morgan fingerprint density at radius 3 is 1.47 bits per heavy atom. The molecule has 1 unspecified atom stereocenters. The average molecular weight is 390 g/mol. The van der Waals surface area contributed by atoms with E-state index in [9.17, 15) is 0 Å². The van der Waals surface area contributed by atoms with E-state index in [1.54, 1.807) is 0 Å². The quantitative estimate of drug-likeness (QED) is 0.309. The van der Waals surface area contributed by atoms with Gasteiger partial charge in [-0.3, -0.25) is 4.90 Å². The summed E-state index contributed by atoms with van der Waals surface area (Å²) < 4.78 is 0. The monoisotopic (exact) mass is 389 g/mol. The van der Waals surface area contributed by atoms with Crippen LogP contribution in [-0.2, 0) is 13.1 Å². The van der Waals surface area contributed by atoms with E-state index in [0.717, 1.165) is 13.1 Å². The first-order valence-corrected chi connectivity index (χ1v) is 10.5. The van der Waals surface area contributed by atoms with Gasteiger partial charge >= 0.3 is 0 Å². The minimum Gasteiger partial charge on any atom is -0.284 e. The predicted molar refractivity (Wildman–Crippen MR) is 127 cm³/mol. The zero-order valence-electron chi connectivity index (χ0n) is 17.1.